The molecule has 0 bridgehead atoms. The normalized spacial score (nSPS) is 41.0. The monoisotopic (exact) mass is 194 g/mol. The van der Waals surface area contributed by atoms with Gasteiger partial charge in [0.2, 0.25) is 0 Å². The van der Waals surface area contributed by atoms with Crippen LogP contribution in [0.1, 0.15) is 32.6 Å². The van der Waals surface area contributed by atoms with E-state index in [-0.39, 0.29) is 0 Å². The molecule has 1 aliphatic carbocycles. The highest BCUT2D eigenvalue weighted by Gasteiger charge is 2.52. The van der Waals surface area contributed by atoms with Gasteiger partial charge in [-0.15, -0.1) is 0 Å². The number of hydrogen-bond donors (Lipinski definition) is 0. The quantitative estimate of drug-likeness (QED) is 0.606. The van der Waals surface area contributed by atoms with Gasteiger partial charge in [0.05, 0.1) is 0 Å². The summed E-state index contributed by atoms with van der Waals surface area (Å²) in [7, 11) is 0. The van der Waals surface area contributed by atoms with Crippen molar-refractivity contribution in [2.75, 3.05) is 0 Å². The van der Waals surface area contributed by atoms with Crippen LogP contribution in [0.4, 0.5) is 4.39 Å². The van der Waals surface area contributed by atoms with E-state index in [0.29, 0.717) is 5.92 Å². The Morgan fingerprint density at radius 2 is 2.33 bits per heavy atom. The third-order valence-corrected chi connectivity index (χ3v) is 2.83. The highest BCUT2D eigenvalue weighted by molar-refractivity contribution is 9.10. The van der Waals surface area contributed by atoms with Crippen molar-refractivity contribution in [1.82, 2.24) is 0 Å². The molecule has 0 N–H and O–H groups in total. The zero-order chi connectivity index (χ0) is 6.91. The average Bonchev–Trinajstić information content (AvgIpc) is 2.35. The second-order valence-corrected chi connectivity index (χ2v) is 4.12. The van der Waals surface area contributed by atoms with E-state index in [0.717, 1.165) is 12.8 Å². The van der Waals surface area contributed by atoms with Crippen molar-refractivity contribution in [2.45, 2.75) is 37.2 Å². The van der Waals surface area contributed by atoms with Crippen molar-refractivity contribution in [2.24, 2.45) is 5.92 Å². The van der Waals surface area contributed by atoms with E-state index in [1.807, 2.05) is 0 Å². The van der Waals surface area contributed by atoms with Crippen molar-refractivity contribution in [1.29, 1.82) is 0 Å². The molecule has 1 rings (SSSR count). The zero-order valence-corrected chi connectivity index (χ0v) is 7.25. The van der Waals surface area contributed by atoms with Crippen LogP contribution in [0.25, 0.3) is 0 Å². The number of hydrogen-bond acceptors (Lipinski definition) is 0. The summed E-state index contributed by atoms with van der Waals surface area (Å²) in [5.41, 5.74) is 0. The van der Waals surface area contributed by atoms with Crippen LogP contribution in [0, 0.1) is 5.92 Å². The third kappa shape index (κ3) is 1.92. The van der Waals surface area contributed by atoms with Gasteiger partial charge < -0.3 is 0 Å². The van der Waals surface area contributed by atoms with Crippen LogP contribution in [0.2, 0.25) is 0 Å². The Labute approximate surface area is 64.0 Å². The van der Waals surface area contributed by atoms with E-state index in [1.54, 1.807) is 0 Å². The summed E-state index contributed by atoms with van der Waals surface area (Å²) >= 11 is 3.02. The number of halogens is 2. The highest BCUT2D eigenvalue weighted by Crippen LogP contribution is 2.54. The van der Waals surface area contributed by atoms with Crippen LogP contribution in [-0.4, -0.2) is 4.58 Å². The van der Waals surface area contributed by atoms with E-state index in [4.69, 9.17) is 0 Å². The molecule has 2 atom stereocenters. The van der Waals surface area contributed by atoms with Gasteiger partial charge in [-0.2, -0.15) is 0 Å². The third-order valence-electron chi connectivity index (χ3n) is 1.86. The SMILES string of the molecule is CCCCC1CC1(F)Br. The molecule has 54 valence electrons. The van der Waals surface area contributed by atoms with Gasteiger partial charge in [-0.25, -0.2) is 4.39 Å². The van der Waals surface area contributed by atoms with Crippen LogP contribution in [-0.2, 0) is 0 Å². The van der Waals surface area contributed by atoms with Crippen LogP contribution >= 0.6 is 15.9 Å². The van der Waals surface area contributed by atoms with Crippen LogP contribution in [0.5, 0.6) is 0 Å². The van der Waals surface area contributed by atoms with E-state index in [2.05, 4.69) is 22.9 Å². The lowest BCUT2D eigenvalue weighted by Gasteiger charge is -1.95. The largest absolute Gasteiger partial charge is 0.231 e. The first-order chi connectivity index (χ1) is 4.17. The minimum atomic E-state index is -0.970. The molecule has 2 heteroatoms. The second-order valence-electron chi connectivity index (χ2n) is 2.80. The lowest BCUT2D eigenvalue weighted by molar-refractivity contribution is 0.402. The molecule has 9 heavy (non-hydrogen) atoms. The van der Waals surface area contributed by atoms with Crippen LogP contribution < -0.4 is 0 Å². The van der Waals surface area contributed by atoms with E-state index in [9.17, 15) is 4.39 Å². The number of unbranched alkanes of at least 4 members (excludes halogenated alkanes) is 1. The number of rotatable bonds is 3. The fourth-order valence-electron chi connectivity index (χ4n) is 1.03. The summed E-state index contributed by atoms with van der Waals surface area (Å²) in [6.07, 6.45) is 4.13. The minimum absolute atomic E-state index is 0.317. The van der Waals surface area contributed by atoms with E-state index in [1.165, 1.54) is 12.8 Å². The van der Waals surface area contributed by atoms with Crippen LogP contribution in [0.3, 0.4) is 0 Å². The Balaban J connectivity index is 2.06. The molecule has 0 spiro atoms. The van der Waals surface area contributed by atoms with Crippen molar-refractivity contribution >= 4 is 15.9 Å². The molecule has 0 heterocycles. The van der Waals surface area contributed by atoms with Gasteiger partial charge in [0.25, 0.3) is 0 Å². The van der Waals surface area contributed by atoms with Gasteiger partial charge >= 0.3 is 0 Å². The smallest absolute Gasteiger partial charge is 0.168 e. The van der Waals surface area contributed by atoms with Crippen molar-refractivity contribution in [3.63, 3.8) is 0 Å². The minimum Gasteiger partial charge on any atom is -0.231 e. The van der Waals surface area contributed by atoms with Gasteiger partial charge in [0, 0.05) is 5.92 Å². The Morgan fingerprint density at radius 3 is 2.67 bits per heavy atom. The first-order valence-electron chi connectivity index (χ1n) is 3.54. The Kier molecular flexibility index (Phi) is 2.14. The molecule has 2 unspecified atom stereocenters. The molecule has 0 aromatic rings. The van der Waals surface area contributed by atoms with Gasteiger partial charge in [-0.1, -0.05) is 19.8 Å². The molecule has 1 saturated carbocycles. The van der Waals surface area contributed by atoms with Crippen molar-refractivity contribution in [3.05, 3.63) is 0 Å². The van der Waals surface area contributed by atoms with E-state index < -0.39 is 4.58 Å². The molecule has 0 aliphatic heterocycles. The maximum absolute atomic E-state index is 12.7. The van der Waals surface area contributed by atoms with E-state index >= 15 is 0 Å². The fraction of sp³-hybridized carbons (Fsp3) is 1.00. The topological polar surface area (TPSA) is 0 Å². The highest BCUT2D eigenvalue weighted by atomic mass is 79.9. The molecular formula is C7H12BrF. The molecule has 0 aromatic heterocycles. The molecule has 1 fully saturated rings. The summed E-state index contributed by atoms with van der Waals surface area (Å²) in [5.74, 6) is 0.317. The Morgan fingerprint density at radius 1 is 1.78 bits per heavy atom. The zero-order valence-electron chi connectivity index (χ0n) is 5.66. The second kappa shape index (κ2) is 2.57. The van der Waals surface area contributed by atoms with Crippen LogP contribution in [0.15, 0.2) is 0 Å². The maximum Gasteiger partial charge on any atom is 0.168 e. The first kappa shape index (κ1) is 7.52. The fourth-order valence-corrected chi connectivity index (χ4v) is 1.65. The predicted molar refractivity (Wildman–Crippen MR) is 40.4 cm³/mol. The first-order valence-corrected chi connectivity index (χ1v) is 4.34. The molecule has 1 aliphatic rings. The molecule has 0 nitrogen and oxygen atoms in total. The predicted octanol–water partition coefficient (Wildman–Crippen LogP) is 3.26. The van der Waals surface area contributed by atoms with Gasteiger partial charge in [0.1, 0.15) is 0 Å². The molecular weight excluding hydrogens is 183 g/mol. The average molecular weight is 195 g/mol. The van der Waals surface area contributed by atoms with Gasteiger partial charge in [0.15, 0.2) is 4.58 Å². The van der Waals surface area contributed by atoms with Crippen molar-refractivity contribution in [3.8, 4) is 0 Å². The van der Waals surface area contributed by atoms with Gasteiger partial charge in [-0.05, 0) is 28.8 Å². The maximum atomic E-state index is 12.7. The Bertz CT molecular complexity index is 101. The lowest BCUT2D eigenvalue weighted by Crippen LogP contribution is -1.89. The summed E-state index contributed by atoms with van der Waals surface area (Å²) < 4.78 is 11.7. The molecule has 0 saturated heterocycles. The standard InChI is InChI=1S/C7H12BrF/c1-2-3-4-6-5-7(6,8)9/h6H,2-5H2,1H3. The molecule has 0 amide bonds. The summed E-state index contributed by atoms with van der Waals surface area (Å²) in [6.45, 7) is 2.14. The number of alkyl halides is 2. The molecule has 0 aromatic carbocycles. The van der Waals surface area contributed by atoms with Crippen molar-refractivity contribution < 1.29 is 4.39 Å². The summed E-state index contributed by atoms with van der Waals surface area (Å²) in [4.78, 5) is 0. The summed E-state index contributed by atoms with van der Waals surface area (Å²) in [5, 5.41) is 0. The molecule has 0 radical (unpaired) electrons. The Hall–Kier alpha value is 0.410. The van der Waals surface area contributed by atoms with Gasteiger partial charge in [-0.3, -0.25) is 0 Å². The lowest BCUT2D eigenvalue weighted by atomic mass is 10.2. The summed E-state index contributed by atoms with van der Waals surface area (Å²) in [6, 6.07) is 0.